The van der Waals surface area contributed by atoms with E-state index >= 15 is 0 Å². The maximum Gasteiger partial charge on any atom is 0.224 e. The fraction of sp³-hybridized carbons (Fsp3) is 0.500. The van der Waals surface area contributed by atoms with Gasteiger partial charge in [0.15, 0.2) is 17.3 Å². The van der Waals surface area contributed by atoms with Crippen molar-refractivity contribution in [2.45, 2.75) is 76.5 Å². The summed E-state index contributed by atoms with van der Waals surface area (Å²) in [6, 6.07) is 3.51. The van der Waals surface area contributed by atoms with Gasteiger partial charge in [-0.15, -0.1) is 0 Å². The molecule has 2 heterocycles. The molecule has 1 aromatic carbocycles. The number of fused-ring (bicyclic) bond motifs is 1. The van der Waals surface area contributed by atoms with Gasteiger partial charge in [0.25, 0.3) is 0 Å². The van der Waals surface area contributed by atoms with Crippen LogP contribution in [0, 0.1) is 28.4 Å². The number of nitrogens with zero attached hydrogens (tertiary/aromatic N) is 5. The SMILES string of the molecule is C[C@]1(C(N)=O)CC[C@H](n2c(Nc3c(F)cc(C#N)cc3F)nc3cnc(N[C@@H]4CCC[C@@H](O)C4)nc32)CC1. The summed E-state index contributed by atoms with van der Waals surface area (Å²) in [7, 11) is 0. The van der Waals surface area contributed by atoms with Crippen LogP contribution >= 0.6 is 0 Å². The molecule has 0 saturated heterocycles. The maximum absolute atomic E-state index is 14.8. The van der Waals surface area contributed by atoms with E-state index in [2.05, 4.69) is 20.6 Å². The number of nitriles is 1. The van der Waals surface area contributed by atoms with Crippen LogP contribution in [0.2, 0.25) is 0 Å². The molecular weight excluding hydrogens is 494 g/mol. The van der Waals surface area contributed by atoms with Gasteiger partial charge in [-0.05, 0) is 63.5 Å². The first-order chi connectivity index (χ1) is 18.2. The number of rotatable bonds is 6. The van der Waals surface area contributed by atoms with Crippen LogP contribution in [0.5, 0.6) is 0 Å². The molecule has 10 nitrogen and oxygen atoms in total. The van der Waals surface area contributed by atoms with E-state index in [1.807, 2.05) is 6.92 Å². The highest BCUT2D eigenvalue weighted by molar-refractivity contribution is 5.80. The summed E-state index contributed by atoms with van der Waals surface area (Å²) < 4.78 is 31.3. The highest BCUT2D eigenvalue weighted by Gasteiger charge is 2.38. The molecule has 2 aliphatic carbocycles. The highest BCUT2D eigenvalue weighted by atomic mass is 19.1. The summed E-state index contributed by atoms with van der Waals surface area (Å²) in [6.07, 6.45) is 6.58. The number of benzene rings is 1. The van der Waals surface area contributed by atoms with Gasteiger partial charge in [-0.2, -0.15) is 10.2 Å². The molecule has 1 amide bonds. The van der Waals surface area contributed by atoms with Crippen LogP contribution in [0.4, 0.5) is 26.4 Å². The number of nitrogens with one attached hydrogen (secondary N) is 2. The number of aliphatic hydroxyl groups is 1. The van der Waals surface area contributed by atoms with E-state index in [1.165, 1.54) is 0 Å². The second-order valence-electron chi connectivity index (χ2n) is 10.6. The number of halogens is 2. The zero-order valence-electron chi connectivity index (χ0n) is 21.0. The fourth-order valence-electron chi connectivity index (χ4n) is 5.49. The Bertz CT molecular complexity index is 1390. The van der Waals surface area contributed by atoms with Crippen molar-refractivity contribution in [1.82, 2.24) is 19.5 Å². The standard InChI is InChI=1S/C26H30F2N8O2/c1-26(23(30)38)7-5-16(6-8-26)36-22-20(13-31-24(35-22)32-15-3-2-4-17(37)11-15)33-25(36)34-21-18(27)9-14(12-29)10-19(21)28/h9-10,13,15-17,37H,2-8,11H2,1H3,(H2,30,38)(H,33,34)(H,31,32,35)/t15-,16-,17-,26-/m1/s1. The molecule has 2 aliphatic rings. The molecule has 2 saturated carbocycles. The van der Waals surface area contributed by atoms with Gasteiger partial charge >= 0.3 is 0 Å². The van der Waals surface area contributed by atoms with Crippen molar-refractivity contribution in [2.75, 3.05) is 10.6 Å². The number of nitrogens with two attached hydrogens (primary N) is 1. The number of hydrogen-bond acceptors (Lipinski definition) is 8. The molecule has 2 fully saturated rings. The minimum absolute atomic E-state index is 0.0259. The number of anilines is 3. The summed E-state index contributed by atoms with van der Waals surface area (Å²) in [5.74, 6) is -1.65. The number of hydrogen-bond donors (Lipinski definition) is 4. The summed E-state index contributed by atoms with van der Waals surface area (Å²) in [4.78, 5) is 25.7. The number of aliphatic hydroxyl groups excluding tert-OH is 1. The van der Waals surface area contributed by atoms with E-state index in [0.717, 1.165) is 31.4 Å². The monoisotopic (exact) mass is 524 g/mol. The van der Waals surface area contributed by atoms with Crippen LogP contribution in [-0.4, -0.2) is 42.7 Å². The smallest absolute Gasteiger partial charge is 0.224 e. The first-order valence-electron chi connectivity index (χ1n) is 12.8. The molecule has 0 spiro atoms. The topological polar surface area (TPSA) is 155 Å². The lowest BCUT2D eigenvalue weighted by atomic mass is 9.73. The zero-order chi connectivity index (χ0) is 27.0. The molecular formula is C26H30F2N8O2. The van der Waals surface area contributed by atoms with Crippen molar-refractivity contribution in [3.8, 4) is 6.07 Å². The van der Waals surface area contributed by atoms with E-state index in [4.69, 9.17) is 16.0 Å². The lowest BCUT2D eigenvalue weighted by molar-refractivity contribution is -0.128. The molecule has 0 aliphatic heterocycles. The van der Waals surface area contributed by atoms with Gasteiger partial charge in [-0.1, -0.05) is 6.92 Å². The van der Waals surface area contributed by atoms with Gasteiger partial charge in [0.2, 0.25) is 17.8 Å². The van der Waals surface area contributed by atoms with Crippen LogP contribution < -0.4 is 16.4 Å². The second-order valence-corrected chi connectivity index (χ2v) is 10.6. The van der Waals surface area contributed by atoms with Crippen LogP contribution in [0.25, 0.3) is 11.2 Å². The molecule has 0 bridgehead atoms. The molecule has 2 aromatic heterocycles. The van der Waals surface area contributed by atoms with E-state index in [9.17, 15) is 18.7 Å². The lowest BCUT2D eigenvalue weighted by Gasteiger charge is -2.35. The fourth-order valence-corrected chi connectivity index (χ4v) is 5.49. The van der Waals surface area contributed by atoms with Crippen LogP contribution in [0.1, 0.15) is 69.9 Å². The minimum atomic E-state index is -0.922. The lowest BCUT2D eigenvalue weighted by Crippen LogP contribution is -2.38. The second kappa shape index (κ2) is 10.1. The number of aromatic nitrogens is 4. The third kappa shape index (κ3) is 4.98. The number of carbonyl (C=O) groups excluding carboxylic acids is 1. The molecule has 3 aromatic rings. The summed E-state index contributed by atoms with van der Waals surface area (Å²) in [5.41, 5.74) is 5.35. The minimum Gasteiger partial charge on any atom is -0.393 e. The summed E-state index contributed by atoms with van der Waals surface area (Å²) in [6.45, 7) is 1.85. The number of primary amides is 1. The van der Waals surface area contributed by atoms with Crippen LogP contribution in [-0.2, 0) is 4.79 Å². The molecule has 5 N–H and O–H groups in total. The maximum atomic E-state index is 14.8. The van der Waals surface area contributed by atoms with Crippen molar-refractivity contribution >= 4 is 34.7 Å². The predicted octanol–water partition coefficient (Wildman–Crippen LogP) is 4.04. The zero-order valence-corrected chi connectivity index (χ0v) is 21.0. The Hall–Kier alpha value is -3.85. The average Bonchev–Trinajstić information content (AvgIpc) is 3.23. The predicted molar refractivity (Wildman–Crippen MR) is 136 cm³/mol. The van der Waals surface area contributed by atoms with Crippen LogP contribution in [0.3, 0.4) is 0 Å². The van der Waals surface area contributed by atoms with E-state index in [-0.39, 0.29) is 35.6 Å². The van der Waals surface area contributed by atoms with Crippen molar-refractivity contribution in [2.24, 2.45) is 11.1 Å². The van der Waals surface area contributed by atoms with Gasteiger partial charge in [-0.25, -0.2) is 18.7 Å². The Kier molecular flexibility index (Phi) is 6.88. The molecule has 38 heavy (non-hydrogen) atoms. The van der Waals surface area contributed by atoms with Crippen molar-refractivity contribution in [3.05, 3.63) is 35.5 Å². The van der Waals surface area contributed by atoms with Crippen molar-refractivity contribution in [1.29, 1.82) is 5.26 Å². The van der Waals surface area contributed by atoms with Gasteiger partial charge < -0.3 is 21.5 Å². The number of imidazole rings is 1. The largest absolute Gasteiger partial charge is 0.393 e. The van der Waals surface area contributed by atoms with Gasteiger partial charge in [0, 0.05) is 17.5 Å². The summed E-state index contributed by atoms with van der Waals surface area (Å²) in [5, 5.41) is 25.1. The quantitative estimate of drug-likeness (QED) is 0.377. The van der Waals surface area contributed by atoms with E-state index in [1.54, 1.807) is 16.8 Å². The van der Waals surface area contributed by atoms with Gasteiger partial charge in [0.1, 0.15) is 11.2 Å². The Labute approximate surface area is 218 Å². The van der Waals surface area contributed by atoms with E-state index in [0.29, 0.717) is 49.2 Å². The Balaban J connectivity index is 1.53. The van der Waals surface area contributed by atoms with Gasteiger partial charge in [-0.3, -0.25) is 9.36 Å². The van der Waals surface area contributed by atoms with Crippen LogP contribution in [0.15, 0.2) is 18.3 Å². The first-order valence-corrected chi connectivity index (χ1v) is 12.8. The van der Waals surface area contributed by atoms with Crippen molar-refractivity contribution in [3.63, 3.8) is 0 Å². The first kappa shape index (κ1) is 25.8. The average molecular weight is 525 g/mol. The third-order valence-electron chi connectivity index (χ3n) is 7.84. The normalized spacial score (nSPS) is 25.6. The molecule has 2 atom stereocenters. The molecule has 5 rings (SSSR count). The molecule has 12 heteroatoms. The van der Waals surface area contributed by atoms with Crippen molar-refractivity contribution < 1.29 is 18.7 Å². The number of carbonyl (C=O) groups is 1. The van der Waals surface area contributed by atoms with Gasteiger partial charge in [0.05, 0.1) is 23.9 Å². The Morgan fingerprint density at radius 3 is 2.55 bits per heavy atom. The molecule has 0 radical (unpaired) electrons. The van der Waals surface area contributed by atoms with E-state index < -0.39 is 22.7 Å². The summed E-state index contributed by atoms with van der Waals surface area (Å²) >= 11 is 0. The molecule has 0 unspecified atom stereocenters. The number of amides is 1. The third-order valence-corrected chi connectivity index (χ3v) is 7.84. The highest BCUT2D eigenvalue weighted by Crippen LogP contribution is 2.43. The Morgan fingerprint density at radius 2 is 1.92 bits per heavy atom. The molecule has 200 valence electrons. The Morgan fingerprint density at radius 1 is 1.21 bits per heavy atom.